The highest BCUT2D eigenvalue weighted by Crippen LogP contribution is 2.39. The third kappa shape index (κ3) is 3.17. The number of nitriles is 1. The molecule has 2 N–H and O–H groups in total. The van der Waals surface area contributed by atoms with Gasteiger partial charge in [-0.3, -0.25) is 4.79 Å². The zero-order valence-corrected chi connectivity index (χ0v) is 12.3. The van der Waals surface area contributed by atoms with Crippen LogP contribution in [0.4, 0.5) is 5.00 Å². The van der Waals surface area contributed by atoms with E-state index in [2.05, 4.69) is 11.1 Å². The summed E-state index contributed by atoms with van der Waals surface area (Å²) in [6.07, 6.45) is 4.16. The lowest BCUT2D eigenvalue weighted by atomic mass is 9.96. The molecule has 1 heterocycles. The average molecular weight is 291 g/mol. The van der Waals surface area contributed by atoms with Gasteiger partial charge in [-0.05, 0) is 38.2 Å². The van der Waals surface area contributed by atoms with E-state index in [1.807, 2.05) is 0 Å². The first-order valence-corrected chi connectivity index (χ1v) is 7.50. The van der Waals surface area contributed by atoms with Gasteiger partial charge in [-0.1, -0.05) is 0 Å². The van der Waals surface area contributed by atoms with Crippen LogP contribution in [0, 0.1) is 11.3 Å². The van der Waals surface area contributed by atoms with Crippen LogP contribution in [0.15, 0.2) is 4.99 Å². The van der Waals surface area contributed by atoms with Crippen molar-refractivity contribution in [2.24, 2.45) is 10.7 Å². The van der Waals surface area contributed by atoms with Gasteiger partial charge in [-0.2, -0.15) is 5.26 Å². The maximum Gasteiger partial charge on any atom is 0.313 e. The van der Waals surface area contributed by atoms with Crippen LogP contribution in [-0.4, -0.2) is 18.4 Å². The van der Waals surface area contributed by atoms with Crippen molar-refractivity contribution < 1.29 is 9.53 Å². The molecule has 0 atom stereocenters. The van der Waals surface area contributed by atoms with Crippen LogP contribution in [0.1, 0.15) is 42.2 Å². The van der Waals surface area contributed by atoms with E-state index < -0.39 is 5.97 Å². The van der Waals surface area contributed by atoms with Crippen molar-refractivity contribution in [1.29, 1.82) is 5.26 Å². The number of carbonyl (C=O) groups is 1. The molecule has 106 valence electrons. The van der Waals surface area contributed by atoms with Gasteiger partial charge in [0.15, 0.2) is 0 Å². The molecule has 20 heavy (non-hydrogen) atoms. The number of amidine groups is 1. The summed E-state index contributed by atoms with van der Waals surface area (Å²) in [4.78, 5) is 16.8. The number of hydrogen-bond acceptors (Lipinski definition) is 5. The van der Waals surface area contributed by atoms with E-state index in [-0.39, 0.29) is 12.3 Å². The molecule has 2 rings (SSSR count). The fourth-order valence-corrected chi connectivity index (χ4v) is 3.52. The molecule has 0 spiro atoms. The summed E-state index contributed by atoms with van der Waals surface area (Å²) in [5, 5.41) is 9.92. The predicted octanol–water partition coefficient (Wildman–Crippen LogP) is 2.44. The lowest BCUT2D eigenvalue weighted by molar-refractivity contribution is -0.141. The summed E-state index contributed by atoms with van der Waals surface area (Å²) < 4.78 is 4.83. The number of thiophene rings is 1. The van der Waals surface area contributed by atoms with E-state index in [1.165, 1.54) is 16.2 Å². The molecule has 0 fully saturated rings. The Hall–Kier alpha value is -1.87. The maximum atomic E-state index is 11.3. The first-order chi connectivity index (χ1) is 9.65. The zero-order chi connectivity index (χ0) is 14.5. The quantitative estimate of drug-likeness (QED) is 0.524. The number of hydrogen-bond donors (Lipinski definition) is 1. The second-order valence-electron chi connectivity index (χ2n) is 4.59. The van der Waals surface area contributed by atoms with E-state index in [4.69, 9.17) is 10.5 Å². The first-order valence-electron chi connectivity index (χ1n) is 6.69. The Morgan fingerprint density at radius 3 is 2.95 bits per heavy atom. The van der Waals surface area contributed by atoms with Gasteiger partial charge in [-0.25, -0.2) is 4.99 Å². The Morgan fingerprint density at radius 2 is 2.25 bits per heavy atom. The molecule has 6 heteroatoms. The molecule has 1 aliphatic rings. The molecule has 0 aliphatic heterocycles. The third-order valence-corrected chi connectivity index (χ3v) is 4.33. The minimum Gasteiger partial charge on any atom is -0.466 e. The molecule has 0 bridgehead atoms. The van der Waals surface area contributed by atoms with Gasteiger partial charge >= 0.3 is 5.97 Å². The lowest BCUT2D eigenvalue weighted by Crippen LogP contribution is -2.18. The van der Waals surface area contributed by atoms with E-state index in [0.29, 0.717) is 17.2 Å². The standard InChI is InChI=1S/C14H17N3O2S/c1-2-19-13(18)7-12(16)17-14-10(8-15)9-5-3-4-6-11(9)20-14/h2-7H2,1H3,(H2,16,17). The highest BCUT2D eigenvalue weighted by Gasteiger charge is 2.20. The average Bonchev–Trinajstić information content (AvgIpc) is 2.75. The van der Waals surface area contributed by atoms with Crippen LogP contribution in [-0.2, 0) is 22.4 Å². The number of ether oxygens (including phenoxy) is 1. The van der Waals surface area contributed by atoms with Gasteiger partial charge in [0.05, 0.1) is 12.2 Å². The topological polar surface area (TPSA) is 88.5 Å². The molecule has 0 saturated carbocycles. The molecule has 0 saturated heterocycles. The van der Waals surface area contributed by atoms with Gasteiger partial charge in [-0.15, -0.1) is 11.3 Å². The third-order valence-electron chi connectivity index (χ3n) is 3.14. The van der Waals surface area contributed by atoms with Gasteiger partial charge < -0.3 is 10.5 Å². The van der Waals surface area contributed by atoms with Crippen LogP contribution in [0.3, 0.4) is 0 Å². The SMILES string of the molecule is CCOC(=O)C/C(N)=N/c1sc2c(c1C#N)CCCC2. The molecule has 0 aromatic carbocycles. The fraction of sp³-hybridized carbons (Fsp3) is 0.500. The van der Waals surface area contributed by atoms with Crippen LogP contribution in [0.5, 0.6) is 0 Å². The number of carbonyl (C=O) groups excluding carboxylic acids is 1. The van der Waals surface area contributed by atoms with Gasteiger partial charge in [0.2, 0.25) is 0 Å². The van der Waals surface area contributed by atoms with Crippen LogP contribution < -0.4 is 5.73 Å². The number of nitrogens with two attached hydrogens (primary N) is 1. The molecule has 0 amide bonds. The van der Waals surface area contributed by atoms with Crippen molar-refractivity contribution in [2.75, 3.05) is 6.61 Å². The summed E-state index contributed by atoms with van der Waals surface area (Å²) in [7, 11) is 0. The Balaban J connectivity index is 2.22. The predicted molar refractivity (Wildman–Crippen MR) is 78.2 cm³/mol. The van der Waals surface area contributed by atoms with Crippen molar-refractivity contribution in [3.63, 3.8) is 0 Å². The molecule has 0 unspecified atom stereocenters. The molecular formula is C14H17N3O2S. The Kier molecular flexibility index (Phi) is 4.74. The number of aliphatic imine (C=N–C) groups is 1. The van der Waals surface area contributed by atoms with E-state index in [9.17, 15) is 10.1 Å². The summed E-state index contributed by atoms with van der Waals surface area (Å²) in [6, 6.07) is 2.22. The first kappa shape index (κ1) is 14.5. The minimum absolute atomic E-state index is 0.0404. The van der Waals surface area contributed by atoms with Gasteiger partial charge in [0, 0.05) is 4.88 Å². The highest BCUT2D eigenvalue weighted by atomic mass is 32.1. The maximum absolute atomic E-state index is 11.3. The van der Waals surface area contributed by atoms with Crippen LogP contribution in [0.2, 0.25) is 0 Å². The number of nitrogens with zero attached hydrogens (tertiary/aromatic N) is 2. The molecule has 1 aliphatic carbocycles. The largest absolute Gasteiger partial charge is 0.466 e. The summed E-state index contributed by atoms with van der Waals surface area (Å²) in [6.45, 7) is 2.06. The number of fused-ring (bicyclic) bond motifs is 1. The Morgan fingerprint density at radius 1 is 1.50 bits per heavy atom. The van der Waals surface area contributed by atoms with Crippen molar-refractivity contribution in [3.8, 4) is 6.07 Å². The van der Waals surface area contributed by atoms with Crippen molar-refractivity contribution in [3.05, 3.63) is 16.0 Å². The fourth-order valence-electron chi connectivity index (χ4n) is 2.28. The Labute approximate surface area is 122 Å². The number of esters is 1. The van der Waals surface area contributed by atoms with E-state index >= 15 is 0 Å². The smallest absolute Gasteiger partial charge is 0.313 e. The molecular weight excluding hydrogens is 274 g/mol. The molecule has 0 radical (unpaired) electrons. The van der Waals surface area contributed by atoms with Gasteiger partial charge in [0.1, 0.15) is 23.3 Å². The van der Waals surface area contributed by atoms with Gasteiger partial charge in [0.25, 0.3) is 0 Å². The molecule has 1 aromatic rings. The molecule has 1 aromatic heterocycles. The second-order valence-corrected chi connectivity index (χ2v) is 5.67. The van der Waals surface area contributed by atoms with Crippen LogP contribution >= 0.6 is 11.3 Å². The second kappa shape index (κ2) is 6.53. The normalized spacial score (nSPS) is 14.5. The van der Waals surface area contributed by atoms with Crippen molar-refractivity contribution >= 4 is 28.1 Å². The van der Waals surface area contributed by atoms with E-state index in [1.54, 1.807) is 6.92 Å². The Bertz CT molecular complexity index is 584. The highest BCUT2D eigenvalue weighted by molar-refractivity contribution is 7.16. The number of rotatable bonds is 4. The van der Waals surface area contributed by atoms with Crippen LogP contribution in [0.25, 0.3) is 0 Å². The minimum atomic E-state index is -0.395. The summed E-state index contributed by atoms with van der Waals surface area (Å²) in [5.74, 6) is -0.202. The van der Waals surface area contributed by atoms with Crippen molar-refractivity contribution in [2.45, 2.75) is 39.0 Å². The van der Waals surface area contributed by atoms with Crippen molar-refractivity contribution in [1.82, 2.24) is 0 Å². The van der Waals surface area contributed by atoms with E-state index in [0.717, 1.165) is 31.2 Å². The lowest BCUT2D eigenvalue weighted by Gasteiger charge is -2.09. The zero-order valence-electron chi connectivity index (χ0n) is 11.4. The monoisotopic (exact) mass is 291 g/mol. The summed E-state index contributed by atoms with van der Waals surface area (Å²) in [5.41, 5.74) is 7.50. The number of aryl methyl sites for hydroxylation is 1. The summed E-state index contributed by atoms with van der Waals surface area (Å²) >= 11 is 1.51. The molecule has 5 nitrogen and oxygen atoms in total.